The van der Waals surface area contributed by atoms with E-state index in [-0.39, 0.29) is 10.5 Å². The molecule has 0 aliphatic carbocycles. The summed E-state index contributed by atoms with van der Waals surface area (Å²) < 4.78 is 28.1. The highest BCUT2D eigenvalue weighted by Crippen LogP contribution is 2.29. The third-order valence-electron chi connectivity index (χ3n) is 4.63. The van der Waals surface area contributed by atoms with E-state index in [9.17, 15) is 8.78 Å². The van der Waals surface area contributed by atoms with Gasteiger partial charge in [-0.2, -0.15) is 0 Å². The maximum absolute atomic E-state index is 14.2. The van der Waals surface area contributed by atoms with Gasteiger partial charge in [0.25, 0.3) is 0 Å². The van der Waals surface area contributed by atoms with Crippen molar-refractivity contribution >= 4 is 21.6 Å². The molecule has 0 spiro atoms. The molecule has 0 bridgehead atoms. The lowest BCUT2D eigenvalue weighted by molar-refractivity contribution is 0.132. The fourth-order valence-corrected chi connectivity index (χ4v) is 3.77. The number of anilines is 1. The fraction of sp³-hybridized carbons (Fsp3) is 0.625. The second-order valence-corrected chi connectivity index (χ2v) is 7.13. The zero-order valence-electron chi connectivity index (χ0n) is 12.9. The molecule has 2 aliphatic heterocycles. The van der Waals surface area contributed by atoms with Gasteiger partial charge in [-0.05, 0) is 60.9 Å². The molecule has 0 saturated carbocycles. The number of likely N-dealkylation sites (tertiary alicyclic amines) is 1. The topological polar surface area (TPSA) is 9.72 Å². The lowest BCUT2D eigenvalue weighted by Crippen LogP contribution is -2.54. The van der Waals surface area contributed by atoms with Gasteiger partial charge in [0.15, 0.2) is 11.6 Å². The molecule has 0 aromatic heterocycles. The number of nitrogens with zero attached hydrogens (tertiary/aromatic N) is 3. The van der Waals surface area contributed by atoms with E-state index in [0.29, 0.717) is 5.69 Å². The van der Waals surface area contributed by atoms with Crippen LogP contribution >= 0.6 is 15.9 Å². The van der Waals surface area contributed by atoms with Crippen molar-refractivity contribution in [1.82, 2.24) is 9.80 Å². The van der Waals surface area contributed by atoms with Crippen LogP contribution in [-0.2, 0) is 0 Å². The van der Waals surface area contributed by atoms with Crippen LogP contribution in [0.5, 0.6) is 0 Å². The Bertz CT molecular complexity index is 534. The highest BCUT2D eigenvalue weighted by Gasteiger charge is 2.28. The summed E-state index contributed by atoms with van der Waals surface area (Å²) in [5.41, 5.74) is 0.369. The van der Waals surface area contributed by atoms with Gasteiger partial charge in [-0.1, -0.05) is 0 Å². The molecule has 3 rings (SSSR count). The molecule has 122 valence electrons. The van der Waals surface area contributed by atoms with Crippen molar-refractivity contribution in [1.29, 1.82) is 0 Å². The lowest BCUT2D eigenvalue weighted by Gasteiger charge is -2.42. The minimum absolute atomic E-state index is 0.173. The van der Waals surface area contributed by atoms with Gasteiger partial charge in [0.05, 0.1) is 16.8 Å². The molecule has 2 aliphatic rings. The first-order chi connectivity index (χ1) is 10.6. The molecule has 1 aromatic rings. The van der Waals surface area contributed by atoms with Crippen LogP contribution in [0.3, 0.4) is 0 Å². The van der Waals surface area contributed by atoms with E-state index >= 15 is 0 Å². The van der Waals surface area contributed by atoms with Gasteiger partial charge in [0.2, 0.25) is 0 Å². The van der Waals surface area contributed by atoms with E-state index in [1.165, 1.54) is 25.9 Å². The summed E-state index contributed by atoms with van der Waals surface area (Å²) >= 11 is 3.03. The van der Waals surface area contributed by atoms with Gasteiger partial charge >= 0.3 is 0 Å². The molecular formula is C16H22BrF2N3. The molecule has 22 heavy (non-hydrogen) atoms. The zero-order chi connectivity index (χ0) is 15.7. The highest BCUT2D eigenvalue weighted by molar-refractivity contribution is 9.10. The molecule has 6 heteroatoms. The quantitative estimate of drug-likeness (QED) is 0.752. The van der Waals surface area contributed by atoms with Crippen LogP contribution in [0.2, 0.25) is 0 Å². The lowest BCUT2D eigenvalue weighted by atomic mass is 10.1. The van der Waals surface area contributed by atoms with Crippen molar-refractivity contribution < 1.29 is 8.78 Å². The Morgan fingerprint density at radius 2 is 1.77 bits per heavy atom. The van der Waals surface area contributed by atoms with Crippen LogP contribution < -0.4 is 4.90 Å². The van der Waals surface area contributed by atoms with Gasteiger partial charge in [0, 0.05) is 25.7 Å². The number of piperazine rings is 1. The Balaban J connectivity index is 1.66. The SMILES string of the molecule is C[C@H]1CN(CN2CCCC2)CCN1c1ccc(Br)c(F)c1F. The largest absolute Gasteiger partial charge is 0.364 e. The predicted molar refractivity (Wildman–Crippen MR) is 88.1 cm³/mol. The second kappa shape index (κ2) is 6.81. The Morgan fingerprint density at radius 3 is 2.45 bits per heavy atom. The van der Waals surface area contributed by atoms with Gasteiger partial charge in [0.1, 0.15) is 0 Å². The van der Waals surface area contributed by atoms with Crippen molar-refractivity contribution in [3.63, 3.8) is 0 Å². The van der Waals surface area contributed by atoms with Crippen LogP contribution in [0, 0.1) is 11.6 Å². The molecule has 0 unspecified atom stereocenters. The molecule has 2 heterocycles. The molecular weight excluding hydrogens is 352 g/mol. The van der Waals surface area contributed by atoms with Crippen LogP contribution in [0.4, 0.5) is 14.5 Å². The Labute approximate surface area is 139 Å². The van der Waals surface area contributed by atoms with Crippen LogP contribution in [-0.4, -0.2) is 55.2 Å². The molecule has 1 atom stereocenters. The number of rotatable bonds is 3. The monoisotopic (exact) mass is 373 g/mol. The van der Waals surface area contributed by atoms with Crippen LogP contribution in [0.25, 0.3) is 0 Å². The van der Waals surface area contributed by atoms with E-state index in [2.05, 4.69) is 32.7 Å². The van der Waals surface area contributed by atoms with Crippen LogP contribution in [0.15, 0.2) is 16.6 Å². The fourth-order valence-electron chi connectivity index (χ4n) is 3.46. The Kier molecular flexibility index (Phi) is 5.00. The summed E-state index contributed by atoms with van der Waals surface area (Å²) in [6, 6.07) is 3.41. The second-order valence-electron chi connectivity index (χ2n) is 6.28. The number of benzene rings is 1. The number of hydrogen-bond acceptors (Lipinski definition) is 3. The first kappa shape index (κ1) is 16.1. The van der Waals surface area contributed by atoms with Crippen molar-refractivity contribution in [2.75, 3.05) is 44.3 Å². The molecule has 3 nitrogen and oxygen atoms in total. The normalized spacial score (nSPS) is 24.2. The first-order valence-corrected chi connectivity index (χ1v) is 8.70. The maximum Gasteiger partial charge on any atom is 0.183 e. The minimum atomic E-state index is -0.802. The molecule has 1 aromatic carbocycles. The van der Waals surface area contributed by atoms with Gasteiger partial charge in [-0.3, -0.25) is 9.80 Å². The first-order valence-electron chi connectivity index (χ1n) is 7.91. The molecule has 2 saturated heterocycles. The van der Waals surface area contributed by atoms with Crippen molar-refractivity contribution in [3.05, 3.63) is 28.2 Å². The van der Waals surface area contributed by atoms with Crippen molar-refractivity contribution in [2.24, 2.45) is 0 Å². The van der Waals surface area contributed by atoms with Gasteiger partial charge in [-0.25, -0.2) is 8.78 Å². The summed E-state index contributed by atoms with van der Waals surface area (Å²) in [4.78, 5) is 6.87. The summed E-state index contributed by atoms with van der Waals surface area (Å²) in [6.07, 6.45) is 2.58. The van der Waals surface area contributed by atoms with Gasteiger partial charge < -0.3 is 4.90 Å². The maximum atomic E-state index is 14.2. The van der Waals surface area contributed by atoms with E-state index in [1.807, 2.05) is 4.90 Å². The summed E-state index contributed by atoms with van der Waals surface area (Å²) in [5.74, 6) is -1.56. The number of hydrogen-bond donors (Lipinski definition) is 0. The summed E-state index contributed by atoms with van der Waals surface area (Å²) in [6.45, 7) is 7.94. The average Bonchev–Trinajstić information content (AvgIpc) is 2.99. The summed E-state index contributed by atoms with van der Waals surface area (Å²) in [5, 5.41) is 0. The average molecular weight is 374 g/mol. The van der Waals surface area contributed by atoms with E-state index in [0.717, 1.165) is 26.3 Å². The van der Waals surface area contributed by atoms with Crippen LogP contribution in [0.1, 0.15) is 19.8 Å². The number of halogens is 3. The van der Waals surface area contributed by atoms with E-state index < -0.39 is 11.6 Å². The molecule has 0 amide bonds. The van der Waals surface area contributed by atoms with Crippen molar-refractivity contribution in [3.8, 4) is 0 Å². The Hall–Kier alpha value is -0.720. The van der Waals surface area contributed by atoms with Gasteiger partial charge in [-0.15, -0.1) is 0 Å². The van der Waals surface area contributed by atoms with E-state index in [4.69, 9.17) is 0 Å². The Morgan fingerprint density at radius 1 is 1.05 bits per heavy atom. The predicted octanol–water partition coefficient (Wildman–Crippen LogP) is 3.29. The molecule has 2 fully saturated rings. The highest BCUT2D eigenvalue weighted by atomic mass is 79.9. The summed E-state index contributed by atoms with van der Waals surface area (Å²) in [7, 11) is 0. The standard InChI is InChI=1S/C16H22BrF2N3/c1-12-10-21(11-20-6-2-3-7-20)8-9-22(12)14-5-4-13(17)15(18)16(14)19/h4-5,12H,2-3,6-11H2,1H3/t12-/m0/s1. The van der Waals surface area contributed by atoms with E-state index in [1.54, 1.807) is 12.1 Å². The minimum Gasteiger partial charge on any atom is -0.364 e. The molecule has 0 N–H and O–H groups in total. The van der Waals surface area contributed by atoms with Crippen molar-refractivity contribution in [2.45, 2.75) is 25.8 Å². The smallest absolute Gasteiger partial charge is 0.183 e. The molecule has 0 radical (unpaired) electrons. The third-order valence-corrected chi connectivity index (χ3v) is 5.25. The zero-order valence-corrected chi connectivity index (χ0v) is 14.5. The third kappa shape index (κ3) is 3.29.